The van der Waals surface area contributed by atoms with Crippen LogP contribution in [0.1, 0.15) is 10.4 Å². The largest absolute Gasteiger partial charge is 0.478 e. The summed E-state index contributed by atoms with van der Waals surface area (Å²) in [6.45, 7) is -0.905. The number of rotatable bonds is 8. The molecular weight excluding hydrogens is 278 g/mol. The van der Waals surface area contributed by atoms with Gasteiger partial charge in [0, 0.05) is 12.6 Å². The number of nitro groups is 1. The van der Waals surface area contributed by atoms with Crippen LogP contribution in [0.5, 0.6) is 0 Å². The zero-order valence-corrected chi connectivity index (χ0v) is 10.2. The Morgan fingerprint density at radius 1 is 1.50 bits per heavy atom. The average molecular weight is 290 g/mol. The molecular formula is C11H12F2N2O5. The lowest BCUT2D eigenvalue weighted by molar-refractivity contribution is -0.384. The van der Waals surface area contributed by atoms with Gasteiger partial charge in [-0.2, -0.15) is 0 Å². The Bertz CT molecular complexity index is 463. The molecule has 0 aliphatic rings. The van der Waals surface area contributed by atoms with E-state index in [1.807, 2.05) is 0 Å². The van der Waals surface area contributed by atoms with Gasteiger partial charge in [0.2, 0.25) is 0 Å². The Labute approximate surface area is 112 Å². The van der Waals surface area contributed by atoms with Crippen molar-refractivity contribution in [3.63, 3.8) is 0 Å². The van der Waals surface area contributed by atoms with Crippen LogP contribution in [0.3, 0.4) is 0 Å². The highest BCUT2D eigenvalue weighted by Gasteiger charge is 2.20. The number of ether oxygens (including phenoxy) is 1. The van der Waals surface area contributed by atoms with Gasteiger partial charge in [0.05, 0.1) is 17.1 Å². The molecule has 0 atom stereocenters. The van der Waals surface area contributed by atoms with Crippen LogP contribution >= 0.6 is 0 Å². The fourth-order valence-electron chi connectivity index (χ4n) is 1.48. The summed E-state index contributed by atoms with van der Waals surface area (Å²) in [5.74, 6) is -1.33. The van der Waals surface area contributed by atoms with Gasteiger partial charge in [-0.15, -0.1) is 0 Å². The lowest BCUT2D eigenvalue weighted by Crippen LogP contribution is -2.15. The molecule has 0 aromatic heterocycles. The first-order valence-electron chi connectivity index (χ1n) is 5.54. The van der Waals surface area contributed by atoms with Gasteiger partial charge in [0.1, 0.15) is 12.3 Å². The first-order valence-corrected chi connectivity index (χ1v) is 5.54. The number of carboxylic acid groups (broad SMARTS) is 1. The van der Waals surface area contributed by atoms with Crippen molar-refractivity contribution in [3.05, 3.63) is 33.9 Å². The Kier molecular flexibility index (Phi) is 5.78. The fourth-order valence-corrected chi connectivity index (χ4v) is 1.48. The van der Waals surface area contributed by atoms with Crippen LogP contribution in [0.4, 0.5) is 20.2 Å². The maximum Gasteiger partial charge on any atom is 0.338 e. The van der Waals surface area contributed by atoms with Gasteiger partial charge in [-0.3, -0.25) is 10.1 Å². The van der Waals surface area contributed by atoms with Crippen molar-refractivity contribution in [2.45, 2.75) is 6.43 Å². The Hall–Kier alpha value is -2.29. The molecule has 0 saturated carbocycles. The lowest BCUT2D eigenvalue weighted by Gasteiger charge is -2.10. The van der Waals surface area contributed by atoms with Gasteiger partial charge in [0.25, 0.3) is 12.1 Å². The highest BCUT2D eigenvalue weighted by Crippen LogP contribution is 2.28. The highest BCUT2D eigenvalue weighted by molar-refractivity contribution is 5.96. The summed E-state index contributed by atoms with van der Waals surface area (Å²) in [4.78, 5) is 21.1. The molecule has 9 heteroatoms. The number of carbonyl (C=O) groups is 1. The summed E-state index contributed by atoms with van der Waals surface area (Å²) < 4.78 is 28.2. The summed E-state index contributed by atoms with van der Waals surface area (Å²) in [5.41, 5.74) is -0.850. The minimum atomic E-state index is -2.60. The zero-order valence-electron chi connectivity index (χ0n) is 10.2. The predicted molar refractivity (Wildman–Crippen MR) is 65.4 cm³/mol. The van der Waals surface area contributed by atoms with E-state index in [2.05, 4.69) is 10.1 Å². The van der Waals surface area contributed by atoms with E-state index in [9.17, 15) is 23.7 Å². The molecule has 0 saturated heterocycles. The normalized spacial score (nSPS) is 10.6. The number of hydrogen-bond acceptors (Lipinski definition) is 5. The number of nitrogens with zero attached hydrogens (tertiary/aromatic N) is 1. The molecule has 0 unspecified atom stereocenters. The Morgan fingerprint density at radius 3 is 2.75 bits per heavy atom. The monoisotopic (exact) mass is 290 g/mol. The molecule has 0 aliphatic carbocycles. The third-order valence-corrected chi connectivity index (χ3v) is 2.26. The number of nitro benzene ring substituents is 1. The topological polar surface area (TPSA) is 102 Å². The minimum absolute atomic E-state index is 0.0299. The van der Waals surface area contributed by atoms with Gasteiger partial charge in [-0.05, 0) is 6.07 Å². The van der Waals surface area contributed by atoms with Crippen LogP contribution in [0.15, 0.2) is 18.2 Å². The first-order chi connectivity index (χ1) is 9.43. The summed E-state index contributed by atoms with van der Waals surface area (Å²) in [6, 6.07) is 3.60. The fraction of sp³-hybridized carbons (Fsp3) is 0.364. The molecule has 0 radical (unpaired) electrons. The van der Waals surface area contributed by atoms with Crippen LogP contribution in [-0.4, -0.2) is 42.2 Å². The number of aromatic carboxylic acids is 1. The summed E-state index contributed by atoms with van der Waals surface area (Å²) in [7, 11) is 0. The maximum atomic E-state index is 11.8. The van der Waals surface area contributed by atoms with E-state index >= 15 is 0 Å². The van der Waals surface area contributed by atoms with Crippen molar-refractivity contribution >= 4 is 17.3 Å². The molecule has 2 N–H and O–H groups in total. The van der Waals surface area contributed by atoms with Gasteiger partial charge >= 0.3 is 5.97 Å². The molecule has 1 aromatic carbocycles. The number of alkyl halides is 2. The minimum Gasteiger partial charge on any atom is -0.478 e. The molecule has 0 fully saturated rings. The van der Waals surface area contributed by atoms with E-state index in [1.54, 1.807) is 0 Å². The molecule has 0 spiro atoms. The van der Waals surface area contributed by atoms with Crippen molar-refractivity contribution in [2.24, 2.45) is 0 Å². The third kappa shape index (κ3) is 4.43. The van der Waals surface area contributed by atoms with Crippen LogP contribution < -0.4 is 5.32 Å². The van der Waals surface area contributed by atoms with E-state index in [-0.39, 0.29) is 24.4 Å². The van der Waals surface area contributed by atoms with Gasteiger partial charge < -0.3 is 15.2 Å². The van der Waals surface area contributed by atoms with Crippen LogP contribution in [0, 0.1) is 10.1 Å². The molecule has 110 valence electrons. The summed E-state index contributed by atoms with van der Waals surface area (Å²) in [5, 5.41) is 22.3. The highest BCUT2D eigenvalue weighted by atomic mass is 19.3. The molecule has 0 heterocycles. The lowest BCUT2D eigenvalue weighted by atomic mass is 10.1. The van der Waals surface area contributed by atoms with Crippen molar-refractivity contribution in [3.8, 4) is 0 Å². The quantitative estimate of drug-likeness (QED) is 0.431. The number of nitrogens with one attached hydrogen (secondary N) is 1. The summed E-state index contributed by atoms with van der Waals surface area (Å²) >= 11 is 0. The Balaban J connectivity index is 2.76. The molecule has 20 heavy (non-hydrogen) atoms. The van der Waals surface area contributed by atoms with E-state index in [0.29, 0.717) is 0 Å². The average Bonchev–Trinajstić information content (AvgIpc) is 2.37. The number of anilines is 1. The second-order valence-corrected chi connectivity index (χ2v) is 3.65. The second-order valence-electron chi connectivity index (χ2n) is 3.65. The van der Waals surface area contributed by atoms with E-state index in [0.717, 1.165) is 6.07 Å². The van der Waals surface area contributed by atoms with Gasteiger partial charge in [-0.1, -0.05) is 6.07 Å². The Morgan fingerprint density at radius 2 is 2.20 bits per heavy atom. The number of para-hydroxylation sites is 1. The second kappa shape index (κ2) is 7.34. The number of halogens is 2. The molecule has 1 aromatic rings. The number of hydrogen-bond donors (Lipinski definition) is 2. The van der Waals surface area contributed by atoms with Crippen molar-refractivity contribution in [1.82, 2.24) is 0 Å². The predicted octanol–water partition coefficient (Wildman–Crippen LogP) is 1.99. The summed E-state index contributed by atoms with van der Waals surface area (Å²) in [6.07, 6.45) is -2.60. The zero-order chi connectivity index (χ0) is 15.1. The van der Waals surface area contributed by atoms with Crippen molar-refractivity contribution in [2.75, 3.05) is 25.1 Å². The van der Waals surface area contributed by atoms with Crippen molar-refractivity contribution in [1.29, 1.82) is 0 Å². The van der Waals surface area contributed by atoms with Gasteiger partial charge in [-0.25, -0.2) is 13.6 Å². The van der Waals surface area contributed by atoms with Crippen LogP contribution in [0.25, 0.3) is 0 Å². The first kappa shape index (κ1) is 15.8. The van der Waals surface area contributed by atoms with Gasteiger partial charge in [0.15, 0.2) is 0 Å². The van der Waals surface area contributed by atoms with Crippen LogP contribution in [-0.2, 0) is 4.74 Å². The molecule has 0 aliphatic heterocycles. The molecule has 0 bridgehead atoms. The van der Waals surface area contributed by atoms with E-state index < -0.39 is 29.6 Å². The number of benzene rings is 1. The molecule has 1 rings (SSSR count). The van der Waals surface area contributed by atoms with E-state index in [4.69, 9.17) is 5.11 Å². The molecule has 0 amide bonds. The smallest absolute Gasteiger partial charge is 0.338 e. The SMILES string of the molecule is O=C(O)c1cccc([N+](=O)[O-])c1NCCOCC(F)F. The standard InChI is InChI=1S/C11H12F2N2O5/c12-9(13)6-20-5-4-14-10-7(11(16)17)2-1-3-8(10)15(18)19/h1-3,9,14H,4-6H2,(H,16,17). The van der Waals surface area contributed by atoms with Crippen LogP contribution in [0.2, 0.25) is 0 Å². The number of carboxylic acids is 1. The maximum absolute atomic E-state index is 11.8. The third-order valence-electron chi connectivity index (χ3n) is 2.26. The molecule has 7 nitrogen and oxygen atoms in total. The van der Waals surface area contributed by atoms with E-state index in [1.165, 1.54) is 12.1 Å². The van der Waals surface area contributed by atoms with Crippen molar-refractivity contribution < 1.29 is 28.3 Å².